The fraction of sp³-hybridized carbons (Fsp3) is 0.278. The molecule has 6 rings (SSSR count). The molecule has 0 aliphatic heterocycles. The van der Waals surface area contributed by atoms with Crippen molar-refractivity contribution < 1.29 is 37.3 Å². The number of aliphatic hydroxyl groups is 1. The van der Waals surface area contributed by atoms with E-state index < -0.39 is 25.1 Å². The monoisotopic (exact) mass is 926 g/mol. The molecule has 0 aliphatic carbocycles. The van der Waals surface area contributed by atoms with Crippen LogP contribution < -0.4 is 0 Å². The van der Waals surface area contributed by atoms with Gasteiger partial charge in [-0.2, -0.15) is 28.5 Å². The Kier molecular flexibility index (Phi) is 17.2. The quantitative estimate of drug-likeness (QED) is 0.0905. The molecule has 3 aromatic heterocycles. The summed E-state index contributed by atoms with van der Waals surface area (Å²) in [7, 11) is 1.56. The molecular formula is C36H32Cl6F4N8O4. The van der Waals surface area contributed by atoms with E-state index in [0.29, 0.717) is 37.9 Å². The van der Waals surface area contributed by atoms with Crippen molar-refractivity contribution in [1.82, 2.24) is 39.3 Å². The van der Waals surface area contributed by atoms with Crippen LogP contribution in [0.1, 0.15) is 44.6 Å². The Balaban J connectivity index is 0.000000195. The van der Waals surface area contributed by atoms with Crippen LogP contribution in [0, 0.1) is 6.92 Å². The largest absolute Gasteiger partial charge is 0.493 e. The molecule has 58 heavy (non-hydrogen) atoms. The van der Waals surface area contributed by atoms with E-state index in [2.05, 4.69) is 30.0 Å². The van der Waals surface area contributed by atoms with Gasteiger partial charge in [0.15, 0.2) is 0 Å². The van der Waals surface area contributed by atoms with Gasteiger partial charge in [-0.1, -0.05) is 81.7 Å². The van der Waals surface area contributed by atoms with E-state index in [4.69, 9.17) is 69.6 Å². The second-order valence-electron chi connectivity index (χ2n) is 12.2. The number of aromatic hydroxyl groups is 1. The van der Waals surface area contributed by atoms with Gasteiger partial charge < -0.3 is 14.9 Å². The van der Waals surface area contributed by atoms with Crippen molar-refractivity contribution in [2.24, 2.45) is 7.05 Å². The zero-order chi connectivity index (χ0) is 42.7. The molecule has 0 aliphatic rings. The zero-order valence-corrected chi connectivity index (χ0v) is 34.7. The third-order valence-electron chi connectivity index (χ3n) is 8.07. The Morgan fingerprint density at radius 3 is 1.69 bits per heavy atom. The number of carbonyl (C=O) groups excluding carboxylic acids is 1. The van der Waals surface area contributed by atoms with Gasteiger partial charge >= 0.3 is 6.18 Å². The molecule has 0 spiro atoms. The summed E-state index contributed by atoms with van der Waals surface area (Å²) in [6.45, 7) is 1.74. The molecule has 0 saturated carbocycles. The number of alkyl halides is 4. The number of ether oxygens (including phenoxy) is 1. The minimum absolute atomic E-state index is 0.0127. The molecule has 310 valence electrons. The van der Waals surface area contributed by atoms with Crippen LogP contribution in [0.4, 0.5) is 17.6 Å². The lowest BCUT2D eigenvalue weighted by atomic mass is 10.00. The fourth-order valence-electron chi connectivity index (χ4n) is 5.28. The van der Waals surface area contributed by atoms with Gasteiger partial charge in [0.05, 0.1) is 37.0 Å². The van der Waals surface area contributed by atoms with Gasteiger partial charge in [-0.25, -0.2) is 19.0 Å². The van der Waals surface area contributed by atoms with Crippen LogP contribution in [0.15, 0.2) is 79.9 Å². The first-order chi connectivity index (χ1) is 27.4. The standard InChI is InChI=1S/C13H11Cl2F4N3O.C12H10Cl2N2O2.C11H11Cl2N3O/c14-9-1-2-10(11(15)3-9)8(4-22-7-20-6-21-22)5-23-12(16)13(17,18)19;1-6-10(12(18)16(2)15-6)11(17)8-4-3-7(13)5-9(8)14;12-9-1-2-10(11(13)3-9)8(5-17)4-16-7-14-6-15-16/h1-3,6-8,12H,4-5H2;3-5,18H,1-2H3;1-3,6-8,17H,4-5H2. The number of rotatable bonds is 12. The minimum atomic E-state index is -5.08. The molecule has 3 unspecified atom stereocenters. The van der Waals surface area contributed by atoms with Crippen LogP contribution in [0.3, 0.4) is 0 Å². The Bertz CT molecular complexity index is 2260. The lowest BCUT2D eigenvalue weighted by Gasteiger charge is -2.21. The number of benzene rings is 3. The molecule has 0 radical (unpaired) electrons. The highest BCUT2D eigenvalue weighted by molar-refractivity contribution is 6.38. The summed E-state index contributed by atoms with van der Waals surface area (Å²) in [5.74, 6) is -1.34. The summed E-state index contributed by atoms with van der Waals surface area (Å²) in [4.78, 5) is 19.9. The second-order valence-corrected chi connectivity index (χ2v) is 14.7. The summed E-state index contributed by atoms with van der Waals surface area (Å²) in [6, 6.07) is 14.4. The first-order valence-corrected chi connectivity index (χ1v) is 18.9. The number of ketones is 1. The van der Waals surface area contributed by atoms with Gasteiger partial charge in [-0.3, -0.25) is 14.2 Å². The first-order valence-electron chi connectivity index (χ1n) is 16.6. The summed E-state index contributed by atoms with van der Waals surface area (Å²) < 4.78 is 58.3. The van der Waals surface area contributed by atoms with Crippen molar-refractivity contribution in [2.45, 2.75) is 44.4 Å². The third kappa shape index (κ3) is 13.0. The van der Waals surface area contributed by atoms with Gasteiger partial charge in [0.25, 0.3) is 6.36 Å². The number of aliphatic hydroxyl groups excluding tert-OH is 1. The maximum atomic E-state index is 13.0. The highest BCUT2D eigenvalue weighted by Crippen LogP contribution is 2.32. The lowest BCUT2D eigenvalue weighted by Crippen LogP contribution is -2.29. The molecule has 0 amide bonds. The van der Waals surface area contributed by atoms with Crippen LogP contribution in [0.2, 0.25) is 30.1 Å². The van der Waals surface area contributed by atoms with Crippen LogP contribution in [-0.2, 0) is 24.9 Å². The molecule has 3 atom stereocenters. The highest BCUT2D eigenvalue weighted by atomic mass is 35.5. The van der Waals surface area contributed by atoms with E-state index in [1.54, 1.807) is 49.2 Å². The summed E-state index contributed by atoms with van der Waals surface area (Å²) in [5.41, 5.74) is 2.22. The normalized spacial score (nSPS) is 12.8. The highest BCUT2D eigenvalue weighted by Gasteiger charge is 2.41. The Labute approximate surface area is 358 Å². The summed E-state index contributed by atoms with van der Waals surface area (Å²) in [6.07, 6.45) is -2.74. The number of aryl methyl sites for hydroxylation is 2. The molecule has 0 bridgehead atoms. The molecule has 0 saturated heterocycles. The van der Waals surface area contributed by atoms with Crippen molar-refractivity contribution in [3.8, 4) is 5.88 Å². The molecule has 2 N–H and O–H groups in total. The third-order valence-corrected chi connectivity index (χ3v) is 9.74. The van der Waals surface area contributed by atoms with Crippen LogP contribution in [0.5, 0.6) is 5.88 Å². The van der Waals surface area contributed by atoms with E-state index in [9.17, 15) is 32.6 Å². The Morgan fingerprint density at radius 1 is 0.793 bits per heavy atom. The predicted molar refractivity (Wildman–Crippen MR) is 212 cm³/mol. The van der Waals surface area contributed by atoms with E-state index >= 15 is 0 Å². The first kappa shape index (κ1) is 46.7. The van der Waals surface area contributed by atoms with Gasteiger partial charge in [-0.15, -0.1) is 0 Å². The molecular weight excluding hydrogens is 897 g/mol. The van der Waals surface area contributed by atoms with Gasteiger partial charge in [-0.05, 0) is 60.5 Å². The Hall–Kier alpha value is -4.00. The van der Waals surface area contributed by atoms with Crippen molar-refractivity contribution >= 4 is 75.4 Å². The average Bonchev–Trinajstić information content (AvgIpc) is 3.92. The number of carbonyl (C=O) groups is 1. The smallest absolute Gasteiger partial charge is 0.445 e. The second kappa shape index (κ2) is 21.3. The lowest BCUT2D eigenvalue weighted by molar-refractivity contribution is -0.265. The molecule has 6 aromatic rings. The number of hydrogen-bond acceptors (Lipinski definition) is 9. The van der Waals surface area contributed by atoms with Gasteiger partial charge in [0, 0.05) is 49.6 Å². The maximum Gasteiger partial charge on any atom is 0.445 e. The molecule has 3 aromatic carbocycles. The van der Waals surface area contributed by atoms with Crippen molar-refractivity contribution in [2.75, 3.05) is 13.2 Å². The Morgan fingerprint density at radius 2 is 1.28 bits per heavy atom. The molecule has 12 nitrogen and oxygen atoms in total. The molecule has 0 fully saturated rings. The van der Waals surface area contributed by atoms with Crippen LogP contribution in [0.25, 0.3) is 0 Å². The number of aromatic nitrogens is 8. The van der Waals surface area contributed by atoms with E-state index in [1.807, 2.05) is 6.07 Å². The average molecular weight is 929 g/mol. The summed E-state index contributed by atoms with van der Waals surface area (Å²) >= 11 is 35.5. The van der Waals surface area contributed by atoms with Crippen molar-refractivity contribution in [3.05, 3.63) is 138 Å². The molecule has 22 heteroatoms. The van der Waals surface area contributed by atoms with Gasteiger partial charge in [0.2, 0.25) is 11.7 Å². The SMILES string of the molecule is Cc1nn(C)c(O)c1C(=O)c1ccc(Cl)cc1Cl.FC(OCC(Cn1cncn1)c1ccc(Cl)cc1Cl)C(F)(F)F.OCC(Cn1cncn1)c1ccc(Cl)cc1Cl. The molecule has 3 heterocycles. The fourth-order valence-corrected chi connectivity index (χ4v) is 6.90. The topological polar surface area (TPSA) is 146 Å². The number of halogens is 10. The predicted octanol–water partition coefficient (Wildman–Crippen LogP) is 9.58. The van der Waals surface area contributed by atoms with Crippen LogP contribution in [-0.4, -0.2) is 81.1 Å². The van der Waals surface area contributed by atoms with Crippen molar-refractivity contribution in [1.29, 1.82) is 0 Å². The number of nitrogens with zero attached hydrogens (tertiary/aromatic N) is 8. The van der Waals surface area contributed by atoms with E-state index in [0.717, 1.165) is 5.56 Å². The van der Waals surface area contributed by atoms with Gasteiger partial charge in [0.1, 0.15) is 30.9 Å². The zero-order valence-electron chi connectivity index (χ0n) is 30.1. The maximum absolute atomic E-state index is 13.0. The minimum Gasteiger partial charge on any atom is -0.493 e. The van der Waals surface area contributed by atoms with E-state index in [-0.39, 0.29) is 51.9 Å². The number of hydrogen-bond donors (Lipinski definition) is 2. The van der Waals surface area contributed by atoms with Crippen molar-refractivity contribution in [3.63, 3.8) is 0 Å². The van der Waals surface area contributed by atoms with Crippen LogP contribution >= 0.6 is 69.6 Å². The summed E-state index contributed by atoms with van der Waals surface area (Å²) in [5, 5.41) is 33.5. The van der Waals surface area contributed by atoms with E-state index in [1.165, 1.54) is 52.6 Å².